The van der Waals surface area contributed by atoms with Crippen LogP contribution in [0.1, 0.15) is 24.5 Å². The highest BCUT2D eigenvalue weighted by Crippen LogP contribution is 2.28. The van der Waals surface area contributed by atoms with E-state index in [1.54, 1.807) is 30.3 Å². The zero-order valence-corrected chi connectivity index (χ0v) is 10.4. The van der Waals surface area contributed by atoms with Crippen molar-refractivity contribution in [2.45, 2.75) is 25.1 Å². The molecular weight excluding hydrogens is 275 g/mol. The van der Waals surface area contributed by atoms with Gasteiger partial charge in [-0.05, 0) is 5.56 Å². The van der Waals surface area contributed by atoms with Crippen molar-refractivity contribution in [3.05, 3.63) is 35.9 Å². The van der Waals surface area contributed by atoms with Crippen molar-refractivity contribution in [2.75, 3.05) is 6.54 Å². The van der Waals surface area contributed by atoms with Crippen LogP contribution >= 0.6 is 0 Å². The highest BCUT2D eigenvalue weighted by Gasteiger charge is 2.38. The number of hydrogen-bond acceptors (Lipinski definition) is 3. The van der Waals surface area contributed by atoms with E-state index in [1.165, 1.54) is 0 Å². The van der Waals surface area contributed by atoms with Crippen molar-refractivity contribution in [2.24, 2.45) is 0 Å². The molecule has 1 heterocycles. The van der Waals surface area contributed by atoms with Crippen LogP contribution < -0.4 is 0 Å². The zero-order valence-electron chi connectivity index (χ0n) is 10.4. The Balaban J connectivity index is 1.97. The van der Waals surface area contributed by atoms with Crippen molar-refractivity contribution in [1.82, 2.24) is 4.90 Å². The van der Waals surface area contributed by atoms with E-state index in [4.69, 9.17) is 4.74 Å². The first kappa shape index (κ1) is 14.4. The number of rotatable bonds is 3. The Morgan fingerprint density at radius 2 is 1.95 bits per heavy atom. The zero-order chi connectivity index (χ0) is 14.8. The quantitative estimate of drug-likeness (QED) is 0.858. The minimum atomic E-state index is -4.42. The Hall–Kier alpha value is -2.05. The standard InChI is InChI=1S/C13H12F3NO3/c14-13(15,16)7-6-11(18)17-8-10(20-12(17)19)9-4-2-1-3-5-9/h1-5,10H,6-8H2. The van der Waals surface area contributed by atoms with E-state index in [-0.39, 0.29) is 6.54 Å². The summed E-state index contributed by atoms with van der Waals surface area (Å²) in [5, 5.41) is 0. The summed E-state index contributed by atoms with van der Waals surface area (Å²) in [4.78, 5) is 23.9. The third-order valence-corrected chi connectivity index (χ3v) is 2.91. The minimum absolute atomic E-state index is 0.0560. The van der Waals surface area contributed by atoms with Crippen LogP contribution in [-0.2, 0) is 9.53 Å². The molecule has 108 valence electrons. The average molecular weight is 287 g/mol. The summed E-state index contributed by atoms with van der Waals surface area (Å²) in [6, 6.07) is 8.73. The summed E-state index contributed by atoms with van der Waals surface area (Å²) >= 11 is 0. The molecule has 2 amide bonds. The van der Waals surface area contributed by atoms with Crippen LogP contribution in [0.15, 0.2) is 30.3 Å². The first-order valence-corrected chi connectivity index (χ1v) is 5.99. The molecule has 0 aliphatic carbocycles. The second-order valence-corrected chi connectivity index (χ2v) is 4.40. The Morgan fingerprint density at radius 3 is 2.55 bits per heavy atom. The molecule has 0 spiro atoms. The average Bonchev–Trinajstić information content (AvgIpc) is 2.78. The predicted octanol–water partition coefficient (Wildman–Crippen LogP) is 3.05. The number of alkyl halides is 3. The lowest BCUT2D eigenvalue weighted by Crippen LogP contribution is -2.32. The summed E-state index contributed by atoms with van der Waals surface area (Å²) in [6.45, 7) is -0.0560. The molecule has 0 aromatic heterocycles. The molecule has 1 fully saturated rings. The summed E-state index contributed by atoms with van der Waals surface area (Å²) < 4.78 is 41.2. The number of nitrogens with zero attached hydrogens (tertiary/aromatic N) is 1. The van der Waals surface area contributed by atoms with E-state index in [2.05, 4.69) is 0 Å². The lowest BCUT2D eigenvalue weighted by Gasteiger charge is -2.12. The van der Waals surface area contributed by atoms with E-state index < -0.39 is 37.1 Å². The Labute approximate surface area is 113 Å². The summed E-state index contributed by atoms with van der Waals surface area (Å²) in [5.41, 5.74) is 0.701. The third-order valence-electron chi connectivity index (χ3n) is 2.91. The monoisotopic (exact) mass is 287 g/mol. The normalized spacial score (nSPS) is 19.1. The first-order chi connectivity index (χ1) is 9.37. The maximum absolute atomic E-state index is 12.1. The molecule has 1 atom stereocenters. The van der Waals surface area contributed by atoms with Crippen LogP contribution in [-0.4, -0.2) is 29.6 Å². The molecule has 1 unspecified atom stereocenters. The molecule has 20 heavy (non-hydrogen) atoms. The number of ether oxygens (including phenoxy) is 1. The van der Waals surface area contributed by atoms with E-state index >= 15 is 0 Å². The van der Waals surface area contributed by atoms with Crippen LogP contribution in [0.5, 0.6) is 0 Å². The highest BCUT2D eigenvalue weighted by atomic mass is 19.4. The number of cyclic esters (lactones) is 1. The van der Waals surface area contributed by atoms with Gasteiger partial charge in [0, 0.05) is 6.42 Å². The van der Waals surface area contributed by atoms with E-state index in [1.807, 2.05) is 0 Å². The van der Waals surface area contributed by atoms with Crippen molar-refractivity contribution < 1.29 is 27.5 Å². The molecule has 0 N–H and O–H groups in total. The topological polar surface area (TPSA) is 46.6 Å². The maximum atomic E-state index is 12.1. The highest BCUT2D eigenvalue weighted by molar-refractivity contribution is 5.93. The SMILES string of the molecule is O=C(CCC(F)(F)F)N1CC(c2ccccc2)OC1=O. The van der Waals surface area contributed by atoms with Crippen molar-refractivity contribution >= 4 is 12.0 Å². The van der Waals surface area contributed by atoms with Crippen LogP contribution in [0.4, 0.5) is 18.0 Å². The molecule has 4 nitrogen and oxygen atoms in total. The number of carbonyl (C=O) groups is 2. The molecule has 1 aliphatic heterocycles. The van der Waals surface area contributed by atoms with Crippen LogP contribution in [0.2, 0.25) is 0 Å². The maximum Gasteiger partial charge on any atom is 0.417 e. The fraction of sp³-hybridized carbons (Fsp3) is 0.385. The van der Waals surface area contributed by atoms with Gasteiger partial charge in [-0.1, -0.05) is 30.3 Å². The predicted molar refractivity (Wildman–Crippen MR) is 62.7 cm³/mol. The summed E-state index contributed by atoms with van der Waals surface area (Å²) in [5.74, 6) is -0.870. The number of imide groups is 1. The summed E-state index contributed by atoms with van der Waals surface area (Å²) in [6.07, 6.45) is -7.94. The molecular formula is C13H12F3NO3. The van der Waals surface area contributed by atoms with E-state index in [0.717, 1.165) is 4.90 Å². The van der Waals surface area contributed by atoms with Gasteiger partial charge in [0.1, 0.15) is 6.10 Å². The fourth-order valence-corrected chi connectivity index (χ4v) is 1.89. The fourth-order valence-electron chi connectivity index (χ4n) is 1.89. The van der Waals surface area contributed by atoms with Gasteiger partial charge in [0.15, 0.2) is 0 Å². The van der Waals surface area contributed by atoms with Crippen molar-refractivity contribution in [3.8, 4) is 0 Å². The number of hydrogen-bond donors (Lipinski definition) is 0. The van der Waals surface area contributed by atoms with Gasteiger partial charge in [0.2, 0.25) is 5.91 Å². The second kappa shape index (κ2) is 5.52. The van der Waals surface area contributed by atoms with Gasteiger partial charge in [0.25, 0.3) is 0 Å². The third kappa shape index (κ3) is 3.49. The molecule has 0 bridgehead atoms. The van der Waals surface area contributed by atoms with Gasteiger partial charge < -0.3 is 4.74 Å². The van der Waals surface area contributed by atoms with Crippen LogP contribution in [0, 0.1) is 0 Å². The second-order valence-electron chi connectivity index (χ2n) is 4.40. The van der Waals surface area contributed by atoms with Gasteiger partial charge in [-0.3, -0.25) is 4.79 Å². The smallest absolute Gasteiger partial charge is 0.417 e. The first-order valence-electron chi connectivity index (χ1n) is 5.99. The lowest BCUT2D eigenvalue weighted by molar-refractivity contribution is -0.147. The molecule has 2 rings (SSSR count). The number of benzene rings is 1. The lowest BCUT2D eigenvalue weighted by atomic mass is 10.1. The summed E-state index contributed by atoms with van der Waals surface area (Å²) in [7, 11) is 0. The Bertz CT molecular complexity index is 501. The number of carbonyl (C=O) groups excluding carboxylic acids is 2. The number of amides is 2. The van der Waals surface area contributed by atoms with Gasteiger partial charge in [-0.25, -0.2) is 9.69 Å². The molecule has 1 aromatic carbocycles. The Kier molecular flexibility index (Phi) is 3.96. The van der Waals surface area contributed by atoms with E-state index in [0.29, 0.717) is 5.56 Å². The molecule has 1 saturated heterocycles. The van der Waals surface area contributed by atoms with Gasteiger partial charge in [0.05, 0.1) is 13.0 Å². The Morgan fingerprint density at radius 1 is 1.30 bits per heavy atom. The van der Waals surface area contributed by atoms with Crippen molar-refractivity contribution in [1.29, 1.82) is 0 Å². The largest absolute Gasteiger partial charge is 0.439 e. The molecule has 0 saturated carbocycles. The van der Waals surface area contributed by atoms with Crippen molar-refractivity contribution in [3.63, 3.8) is 0 Å². The molecule has 0 radical (unpaired) electrons. The van der Waals surface area contributed by atoms with Gasteiger partial charge in [-0.15, -0.1) is 0 Å². The molecule has 7 heteroatoms. The van der Waals surface area contributed by atoms with Crippen LogP contribution in [0.25, 0.3) is 0 Å². The van der Waals surface area contributed by atoms with E-state index in [9.17, 15) is 22.8 Å². The van der Waals surface area contributed by atoms with Gasteiger partial charge >= 0.3 is 12.3 Å². The minimum Gasteiger partial charge on any atom is -0.439 e. The molecule has 1 aromatic rings. The van der Waals surface area contributed by atoms with Crippen LogP contribution in [0.3, 0.4) is 0 Å². The van der Waals surface area contributed by atoms with Gasteiger partial charge in [-0.2, -0.15) is 13.2 Å². The number of halogens is 3. The molecule has 1 aliphatic rings.